The first-order valence-electron chi connectivity index (χ1n) is 6.56. The van der Waals surface area contributed by atoms with E-state index in [1.807, 2.05) is 43.7 Å². The Morgan fingerprint density at radius 2 is 2.26 bits per heavy atom. The average Bonchev–Trinajstić information content (AvgIpc) is 2.97. The summed E-state index contributed by atoms with van der Waals surface area (Å²) in [6.07, 6.45) is 2.78. The van der Waals surface area contributed by atoms with E-state index in [2.05, 4.69) is 22.4 Å². The lowest BCUT2D eigenvalue weighted by molar-refractivity contribution is 0.101. The normalized spacial score (nSPS) is 11.0. The van der Waals surface area contributed by atoms with Crippen LogP contribution in [-0.2, 0) is 6.42 Å². The standard InChI is InChI=1S/C14H20N4O/c1-5-11-10(4)13(17-16-11)15-14(19)12-7-6-8-18(12)9(2)3/h6-9H,5H2,1-4H3,(H2,15,16,17,19). The predicted octanol–water partition coefficient (Wildman–Crippen LogP) is 2.92. The van der Waals surface area contributed by atoms with Crippen molar-refractivity contribution in [1.82, 2.24) is 14.8 Å². The largest absolute Gasteiger partial charge is 0.341 e. The molecule has 0 spiro atoms. The zero-order valence-electron chi connectivity index (χ0n) is 11.8. The summed E-state index contributed by atoms with van der Waals surface area (Å²) in [5.41, 5.74) is 2.70. The summed E-state index contributed by atoms with van der Waals surface area (Å²) in [5, 5.41) is 9.95. The Morgan fingerprint density at radius 3 is 2.84 bits per heavy atom. The molecular formula is C14H20N4O. The van der Waals surface area contributed by atoms with Gasteiger partial charge >= 0.3 is 0 Å². The van der Waals surface area contributed by atoms with E-state index in [9.17, 15) is 4.79 Å². The van der Waals surface area contributed by atoms with Gasteiger partial charge < -0.3 is 9.88 Å². The molecule has 2 heterocycles. The van der Waals surface area contributed by atoms with Crippen molar-refractivity contribution < 1.29 is 4.79 Å². The molecule has 2 rings (SSSR count). The van der Waals surface area contributed by atoms with Crippen molar-refractivity contribution in [3.05, 3.63) is 35.3 Å². The number of rotatable bonds is 4. The number of nitrogens with one attached hydrogen (secondary N) is 2. The number of H-pyrrole nitrogens is 1. The number of aromatic amines is 1. The van der Waals surface area contributed by atoms with Crippen LogP contribution in [0.25, 0.3) is 0 Å². The molecule has 5 heteroatoms. The highest BCUT2D eigenvalue weighted by Gasteiger charge is 2.16. The Hall–Kier alpha value is -2.04. The summed E-state index contributed by atoms with van der Waals surface area (Å²) in [4.78, 5) is 12.3. The zero-order valence-corrected chi connectivity index (χ0v) is 11.8. The second kappa shape index (κ2) is 5.30. The number of hydrogen-bond acceptors (Lipinski definition) is 2. The number of carbonyl (C=O) groups excluding carboxylic acids is 1. The summed E-state index contributed by atoms with van der Waals surface area (Å²) in [6, 6.07) is 3.95. The van der Waals surface area contributed by atoms with Gasteiger partial charge in [-0.1, -0.05) is 6.92 Å². The maximum atomic E-state index is 12.3. The summed E-state index contributed by atoms with van der Waals surface area (Å²) in [7, 11) is 0. The van der Waals surface area contributed by atoms with Gasteiger partial charge in [-0.3, -0.25) is 9.89 Å². The molecule has 0 atom stereocenters. The lowest BCUT2D eigenvalue weighted by atomic mass is 10.2. The number of aryl methyl sites for hydroxylation is 1. The molecule has 0 aliphatic heterocycles. The Labute approximate surface area is 113 Å². The van der Waals surface area contributed by atoms with E-state index in [0.29, 0.717) is 11.5 Å². The molecule has 0 aliphatic rings. The van der Waals surface area contributed by atoms with E-state index in [1.54, 1.807) is 0 Å². The van der Waals surface area contributed by atoms with E-state index < -0.39 is 0 Å². The van der Waals surface area contributed by atoms with Crippen LogP contribution >= 0.6 is 0 Å². The minimum absolute atomic E-state index is 0.129. The molecule has 2 aromatic rings. The topological polar surface area (TPSA) is 62.7 Å². The van der Waals surface area contributed by atoms with Crippen molar-refractivity contribution >= 4 is 11.7 Å². The lowest BCUT2D eigenvalue weighted by Gasteiger charge is -2.12. The summed E-state index contributed by atoms with van der Waals surface area (Å²) >= 11 is 0. The van der Waals surface area contributed by atoms with Gasteiger partial charge in [0.1, 0.15) is 5.69 Å². The smallest absolute Gasteiger partial charge is 0.273 e. The highest BCUT2D eigenvalue weighted by molar-refractivity contribution is 6.03. The molecule has 0 fully saturated rings. The number of amides is 1. The van der Waals surface area contributed by atoms with Crippen molar-refractivity contribution in [2.45, 2.75) is 40.2 Å². The van der Waals surface area contributed by atoms with Gasteiger partial charge in [0.2, 0.25) is 0 Å². The first-order chi connectivity index (χ1) is 9.04. The number of hydrogen-bond donors (Lipinski definition) is 2. The molecule has 0 aromatic carbocycles. The fourth-order valence-electron chi connectivity index (χ4n) is 2.11. The molecule has 19 heavy (non-hydrogen) atoms. The highest BCUT2D eigenvalue weighted by atomic mass is 16.2. The Kier molecular flexibility index (Phi) is 3.74. The molecular weight excluding hydrogens is 240 g/mol. The lowest BCUT2D eigenvalue weighted by Crippen LogP contribution is -2.18. The summed E-state index contributed by atoms with van der Waals surface area (Å²) in [5.74, 6) is 0.481. The zero-order chi connectivity index (χ0) is 14.0. The van der Waals surface area contributed by atoms with Gasteiger partial charge in [0.25, 0.3) is 5.91 Å². The quantitative estimate of drug-likeness (QED) is 0.887. The Bertz CT molecular complexity index is 580. The summed E-state index contributed by atoms with van der Waals surface area (Å²) in [6.45, 7) is 8.10. The molecule has 0 radical (unpaired) electrons. The Morgan fingerprint density at radius 1 is 1.53 bits per heavy atom. The number of anilines is 1. The third-order valence-corrected chi connectivity index (χ3v) is 3.26. The fraction of sp³-hybridized carbons (Fsp3) is 0.429. The highest BCUT2D eigenvalue weighted by Crippen LogP contribution is 2.17. The van der Waals surface area contributed by atoms with Crippen LogP contribution in [0.4, 0.5) is 5.82 Å². The number of carbonyl (C=O) groups is 1. The molecule has 0 unspecified atom stereocenters. The van der Waals surface area contributed by atoms with E-state index in [-0.39, 0.29) is 11.9 Å². The van der Waals surface area contributed by atoms with Crippen LogP contribution in [-0.4, -0.2) is 20.7 Å². The summed E-state index contributed by atoms with van der Waals surface area (Å²) < 4.78 is 1.94. The van der Waals surface area contributed by atoms with Gasteiger partial charge in [-0.05, 0) is 39.3 Å². The maximum Gasteiger partial charge on any atom is 0.273 e. The average molecular weight is 260 g/mol. The molecule has 1 amide bonds. The third kappa shape index (κ3) is 2.54. The fourth-order valence-corrected chi connectivity index (χ4v) is 2.11. The van der Waals surface area contributed by atoms with Crippen molar-refractivity contribution in [1.29, 1.82) is 0 Å². The molecule has 0 saturated heterocycles. The minimum atomic E-state index is -0.129. The van der Waals surface area contributed by atoms with Crippen molar-refractivity contribution in [2.24, 2.45) is 0 Å². The van der Waals surface area contributed by atoms with Crippen LogP contribution in [0.15, 0.2) is 18.3 Å². The van der Waals surface area contributed by atoms with Crippen LogP contribution in [0.2, 0.25) is 0 Å². The van der Waals surface area contributed by atoms with Crippen LogP contribution in [0, 0.1) is 6.92 Å². The first-order valence-corrected chi connectivity index (χ1v) is 6.56. The first kappa shape index (κ1) is 13.4. The van der Waals surface area contributed by atoms with Crippen molar-refractivity contribution in [3.63, 3.8) is 0 Å². The van der Waals surface area contributed by atoms with Gasteiger partial charge in [0.05, 0.1) is 0 Å². The van der Waals surface area contributed by atoms with Crippen LogP contribution in [0.3, 0.4) is 0 Å². The van der Waals surface area contributed by atoms with Crippen LogP contribution < -0.4 is 5.32 Å². The molecule has 2 aromatic heterocycles. The van der Waals surface area contributed by atoms with Gasteiger partial charge in [-0.2, -0.15) is 5.10 Å². The SMILES string of the molecule is CCc1[nH]nc(NC(=O)c2cccn2C(C)C)c1C. The molecule has 0 aliphatic carbocycles. The van der Waals surface area contributed by atoms with Crippen LogP contribution in [0.1, 0.15) is 48.6 Å². The van der Waals surface area contributed by atoms with E-state index in [0.717, 1.165) is 17.7 Å². The predicted molar refractivity (Wildman–Crippen MR) is 75.5 cm³/mol. The monoisotopic (exact) mass is 260 g/mol. The van der Waals surface area contributed by atoms with Crippen molar-refractivity contribution in [2.75, 3.05) is 5.32 Å². The van der Waals surface area contributed by atoms with E-state index in [1.165, 1.54) is 0 Å². The van der Waals surface area contributed by atoms with Crippen molar-refractivity contribution in [3.8, 4) is 0 Å². The number of nitrogens with zero attached hydrogens (tertiary/aromatic N) is 2. The second-order valence-electron chi connectivity index (χ2n) is 4.88. The maximum absolute atomic E-state index is 12.3. The molecule has 2 N–H and O–H groups in total. The minimum Gasteiger partial charge on any atom is -0.341 e. The van der Waals surface area contributed by atoms with Gasteiger partial charge in [0.15, 0.2) is 5.82 Å². The molecule has 0 bridgehead atoms. The molecule has 102 valence electrons. The second-order valence-corrected chi connectivity index (χ2v) is 4.88. The molecule has 5 nitrogen and oxygen atoms in total. The van der Waals surface area contributed by atoms with Gasteiger partial charge in [-0.15, -0.1) is 0 Å². The van der Waals surface area contributed by atoms with Gasteiger partial charge in [-0.25, -0.2) is 0 Å². The van der Waals surface area contributed by atoms with Gasteiger partial charge in [0, 0.05) is 23.5 Å². The Balaban J connectivity index is 2.21. The molecule has 0 saturated carbocycles. The third-order valence-electron chi connectivity index (χ3n) is 3.26. The number of aromatic nitrogens is 3. The van der Waals surface area contributed by atoms with Crippen LogP contribution in [0.5, 0.6) is 0 Å². The van der Waals surface area contributed by atoms with E-state index >= 15 is 0 Å². The van der Waals surface area contributed by atoms with E-state index in [4.69, 9.17) is 0 Å².